The molecule has 2 heterocycles. The lowest BCUT2D eigenvalue weighted by molar-refractivity contribution is 0.0689. The predicted octanol–water partition coefficient (Wildman–Crippen LogP) is 1.37. The maximum atomic E-state index is 11.0. The zero-order valence-corrected chi connectivity index (χ0v) is 10.1. The molecule has 0 radical (unpaired) electrons. The molecule has 0 aliphatic heterocycles. The van der Waals surface area contributed by atoms with Crippen molar-refractivity contribution in [2.75, 3.05) is 0 Å². The molecule has 1 N–H and O–H groups in total. The molecule has 0 aromatic carbocycles. The van der Waals surface area contributed by atoms with Crippen LogP contribution >= 0.6 is 0 Å². The van der Waals surface area contributed by atoms with Crippen LogP contribution in [0, 0.1) is 0 Å². The summed E-state index contributed by atoms with van der Waals surface area (Å²) < 4.78 is 1.64. The highest BCUT2D eigenvalue weighted by Gasteiger charge is 2.17. The molecule has 0 saturated carbocycles. The maximum absolute atomic E-state index is 11.0. The van der Waals surface area contributed by atoms with Gasteiger partial charge in [-0.3, -0.25) is 4.98 Å². The Bertz CT molecular complexity index is 536. The summed E-state index contributed by atoms with van der Waals surface area (Å²) in [5.74, 6) is -1.03. The van der Waals surface area contributed by atoms with Crippen LogP contribution in [-0.2, 0) is 13.0 Å². The van der Waals surface area contributed by atoms with Crippen molar-refractivity contribution in [3.05, 3.63) is 41.5 Å². The fourth-order valence-electron chi connectivity index (χ4n) is 1.77. The Labute approximate surface area is 104 Å². The first-order chi connectivity index (χ1) is 8.72. The number of pyridine rings is 1. The maximum Gasteiger partial charge on any atom is 0.358 e. The molecule has 0 aliphatic carbocycles. The van der Waals surface area contributed by atoms with Gasteiger partial charge in [-0.25, -0.2) is 9.48 Å². The summed E-state index contributed by atoms with van der Waals surface area (Å²) in [4.78, 5) is 15.0. The Morgan fingerprint density at radius 2 is 2.11 bits per heavy atom. The van der Waals surface area contributed by atoms with Gasteiger partial charge in [-0.2, -0.15) is 0 Å². The molecule has 0 fully saturated rings. The van der Waals surface area contributed by atoms with Gasteiger partial charge in [0.2, 0.25) is 0 Å². The number of carbonyl (C=O) groups is 1. The molecular weight excluding hydrogens is 232 g/mol. The smallest absolute Gasteiger partial charge is 0.358 e. The standard InChI is InChI=1S/C12H14N4O2/c1-2-3-10-11(12(17)18)14-15-16(10)8-9-4-6-13-7-5-9/h4-7H,2-3,8H2,1H3,(H,17,18). The number of aromatic nitrogens is 4. The topological polar surface area (TPSA) is 80.9 Å². The minimum absolute atomic E-state index is 0.0471. The minimum atomic E-state index is -1.03. The van der Waals surface area contributed by atoms with Gasteiger partial charge in [0.05, 0.1) is 12.2 Å². The number of hydrogen-bond donors (Lipinski definition) is 1. The highest BCUT2D eigenvalue weighted by atomic mass is 16.4. The molecule has 0 saturated heterocycles. The first kappa shape index (κ1) is 12.2. The van der Waals surface area contributed by atoms with Crippen molar-refractivity contribution in [2.24, 2.45) is 0 Å². The van der Waals surface area contributed by atoms with Gasteiger partial charge in [-0.05, 0) is 24.1 Å². The summed E-state index contributed by atoms with van der Waals surface area (Å²) in [5.41, 5.74) is 1.73. The second-order valence-corrected chi connectivity index (χ2v) is 3.95. The number of carboxylic acid groups (broad SMARTS) is 1. The third-order valence-corrected chi connectivity index (χ3v) is 2.61. The fourth-order valence-corrected chi connectivity index (χ4v) is 1.77. The number of aromatic carboxylic acids is 1. The van der Waals surface area contributed by atoms with Crippen molar-refractivity contribution in [1.29, 1.82) is 0 Å². The van der Waals surface area contributed by atoms with E-state index in [9.17, 15) is 4.79 Å². The number of hydrogen-bond acceptors (Lipinski definition) is 4. The van der Waals surface area contributed by atoms with E-state index in [0.29, 0.717) is 18.7 Å². The third kappa shape index (κ3) is 2.53. The highest BCUT2D eigenvalue weighted by molar-refractivity contribution is 5.86. The Morgan fingerprint density at radius 1 is 1.39 bits per heavy atom. The van der Waals surface area contributed by atoms with Crippen molar-refractivity contribution in [3.8, 4) is 0 Å². The van der Waals surface area contributed by atoms with Gasteiger partial charge in [0.15, 0.2) is 5.69 Å². The Morgan fingerprint density at radius 3 is 2.72 bits per heavy atom. The van der Waals surface area contributed by atoms with Crippen LogP contribution < -0.4 is 0 Å². The van der Waals surface area contributed by atoms with Crippen LogP contribution in [0.15, 0.2) is 24.5 Å². The van der Waals surface area contributed by atoms with Crippen LogP contribution in [0.25, 0.3) is 0 Å². The summed E-state index contributed by atoms with van der Waals surface area (Å²) in [6, 6.07) is 3.75. The molecule has 0 aliphatic rings. The fraction of sp³-hybridized carbons (Fsp3) is 0.333. The summed E-state index contributed by atoms with van der Waals surface area (Å²) in [7, 11) is 0. The van der Waals surface area contributed by atoms with E-state index in [1.807, 2.05) is 19.1 Å². The van der Waals surface area contributed by atoms with E-state index in [-0.39, 0.29) is 5.69 Å². The molecule has 18 heavy (non-hydrogen) atoms. The Hall–Kier alpha value is -2.24. The molecule has 2 aromatic heterocycles. The Balaban J connectivity index is 2.30. The molecule has 0 bridgehead atoms. The van der Waals surface area contributed by atoms with Gasteiger partial charge >= 0.3 is 5.97 Å². The average Bonchev–Trinajstić information content (AvgIpc) is 2.74. The molecule has 2 aromatic rings. The van der Waals surface area contributed by atoms with Crippen LogP contribution in [0.3, 0.4) is 0 Å². The monoisotopic (exact) mass is 246 g/mol. The molecular formula is C12H14N4O2. The van der Waals surface area contributed by atoms with Gasteiger partial charge in [0.25, 0.3) is 0 Å². The van der Waals surface area contributed by atoms with E-state index < -0.39 is 5.97 Å². The van der Waals surface area contributed by atoms with Crippen LogP contribution in [0.1, 0.15) is 35.1 Å². The second-order valence-electron chi connectivity index (χ2n) is 3.95. The normalized spacial score (nSPS) is 10.5. The van der Waals surface area contributed by atoms with E-state index in [1.54, 1.807) is 17.1 Å². The first-order valence-electron chi connectivity index (χ1n) is 5.77. The molecule has 0 unspecified atom stereocenters. The van der Waals surface area contributed by atoms with Crippen molar-refractivity contribution >= 4 is 5.97 Å². The van der Waals surface area contributed by atoms with Crippen molar-refractivity contribution in [1.82, 2.24) is 20.0 Å². The molecule has 0 atom stereocenters. The minimum Gasteiger partial charge on any atom is -0.476 e. The summed E-state index contributed by atoms with van der Waals surface area (Å²) in [6.07, 6.45) is 4.90. The van der Waals surface area contributed by atoms with Crippen LogP contribution in [0.4, 0.5) is 0 Å². The zero-order valence-electron chi connectivity index (χ0n) is 10.1. The molecule has 0 spiro atoms. The van der Waals surface area contributed by atoms with E-state index in [0.717, 1.165) is 12.0 Å². The Kier molecular flexibility index (Phi) is 3.66. The highest BCUT2D eigenvalue weighted by Crippen LogP contribution is 2.11. The molecule has 6 heteroatoms. The largest absolute Gasteiger partial charge is 0.476 e. The van der Waals surface area contributed by atoms with Gasteiger partial charge in [-0.1, -0.05) is 18.6 Å². The predicted molar refractivity (Wildman–Crippen MR) is 64.3 cm³/mol. The van der Waals surface area contributed by atoms with Crippen molar-refractivity contribution in [3.63, 3.8) is 0 Å². The number of carboxylic acids is 1. The van der Waals surface area contributed by atoms with Gasteiger partial charge in [0, 0.05) is 12.4 Å². The van der Waals surface area contributed by atoms with Crippen LogP contribution in [-0.4, -0.2) is 31.1 Å². The average molecular weight is 246 g/mol. The van der Waals surface area contributed by atoms with Crippen molar-refractivity contribution < 1.29 is 9.90 Å². The van der Waals surface area contributed by atoms with E-state index in [1.165, 1.54) is 0 Å². The molecule has 94 valence electrons. The molecule has 2 rings (SSSR count). The lowest BCUT2D eigenvalue weighted by atomic mass is 10.2. The van der Waals surface area contributed by atoms with Crippen LogP contribution in [0.5, 0.6) is 0 Å². The second kappa shape index (κ2) is 5.39. The van der Waals surface area contributed by atoms with E-state index >= 15 is 0 Å². The molecule has 0 amide bonds. The van der Waals surface area contributed by atoms with E-state index in [4.69, 9.17) is 5.11 Å². The first-order valence-corrected chi connectivity index (χ1v) is 5.77. The summed E-state index contributed by atoms with van der Waals surface area (Å²) >= 11 is 0. The lowest BCUT2D eigenvalue weighted by Gasteiger charge is -2.05. The lowest BCUT2D eigenvalue weighted by Crippen LogP contribution is -2.09. The third-order valence-electron chi connectivity index (χ3n) is 2.61. The summed E-state index contributed by atoms with van der Waals surface area (Å²) in [5, 5.41) is 16.7. The van der Waals surface area contributed by atoms with Crippen molar-refractivity contribution in [2.45, 2.75) is 26.3 Å². The summed E-state index contributed by atoms with van der Waals surface area (Å²) in [6.45, 7) is 2.51. The number of nitrogens with zero attached hydrogens (tertiary/aromatic N) is 4. The van der Waals surface area contributed by atoms with Gasteiger partial charge in [-0.15, -0.1) is 5.10 Å². The zero-order chi connectivity index (χ0) is 13.0. The molecule has 6 nitrogen and oxygen atoms in total. The van der Waals surface area contributed by atoms with Gasteiger partial charge in [0.1, 0.15) is 0 Å². The SMILES string of the molecule is CCCc1c(C(=O)O)nnn1Cc1ccncc1. The van der Waals surface area contributed by atoms with Gasteiger partial charge < -0.3 is 5.11 Å². The van der Waals surface area contributed by atoms with Crippen LogP contribution in [0.2, 0.25) is 0 Å². The quantitative estimate of drug-likeness (QED) is 0.861. The number of rotatable bonds is 5. The van der Waals surface area contributed by atoms with E-state index in [2.05, 4.69) is 15.3 Å².